The second kappa shape index (κ2) is 6.12. The van der Waals surface area contributed by atoms with Gasteiger partial charge in [0.05, 0.1) is 17.8 Å². The zero-order valence-corrected chi connectivity index (χ0v) is 13.3. The van der Waals surface area contributed by atoms with Crippen LogP contribution in [0.2, 0.25) is 0 Å². The molecule has 5 nitrogen and oxygen atoms in total. The van der Waals surface area contributed by atoms with Gasteiger partial charge in [0, 0.05) is 24.9 Å². The third-order valence-electron chi connectivity index (χ3n) is 3.53. The Labute approximate surface area is 134 Å². The van der Waals surface area contributed by atoms with Gasteiger partial charge in [0.1, 0.15) is 11.5 Å². The molecule has 0 saturated heterocycles. The molecule has 0 aliphatic carbocycles. The van der Waals surface area contributed by atoms with Gasteiger partial charge in [-0.3, -0.25) is 9.78 Å². The zero-order valence-electron chi connectivity index (χ0n) is 13.3. The molecule has 0 aliphatic heterocycles. The molecule has 3 heterocycles. The maximum Gasteiger partial charge on any atom is 0.268 e. The summed E-state index contributed by atoms with van der Waals surface area (Å²) in [6.45, 7) is 8.74. The molecule has 3 aromatic rings. The lowest BCUT2D eigenvalue weighted by atomic mass is 10.3. The summed E-state index contributed by atoms with van der Waals surface area (Å²) < 4.78 is 7.57. The van der Waals surface area contributed by atoms with E-state index in [1.807, 2.05) is 42.7 Å². The number of allylic oxidation sites excluding steroid dienone is 1. The first-order valence-electron chi connectivity index (χ1n) is 7.47. The Morgan fingerprint density at radius 1 is 1.39 bits per heavy atom. The van der Waals surface area contributed by atoms with E-state index in [9.17, 15) is 4.79 Å². The van der Waals surface area contributed by atoms with Gasteiger partial charge in [0.15, 0.2) is 5.58 Å². The number of fused-ring (bicyclic) bond motifs is 1. The number of nitrogens with one attached hydrogen (secondary N) is 1. The minimum absolute atomic E-state index is 0.152. The molecule has 0 saturated carbocycles. The summed E-state index contributed by atoms with van der Waals surface area (Å²) in [6, 6.07) is 9.34. The predicted molar refractivity (Wildman–Crippen MR) is 89.2 cm³/mol. The van der Waals surface area contributed by atoms with Crippen LogP contribution in [0.25, 0.3) is 11.1 Å². The van der Waals surface area contributed by atoms with Crippen molar-refractivity contribution in [2.24, 2.45) is 0 Å². The van der Waals surface area contributed by atoms with Gasteiger partial charge in [-0.05, 0) is 26.0 Å². The highest BCUT2D eigenvalue weighted by Gasteiger charge is 2.18. The highest BCUT2D eigenvalue weighted by molar-refractivity contribution is 5.97. The van der Waals surface area contributed by atoms with Crippen LogP contribution >= 0.6 is 0 Å². The fourth-order valence-corrected chi connectivity index (χ4v) is 2.56. The summed E-state index contributed by atoms with van der Waals surface area (Å²) in [4.78, 5) is 16.7. The van der Waals surface area contributed by atoms with Crippen molar-refractivity contribution in [2.45, 2.75) is 26.9 Å². The molecule has 0 aromatic carbocycles. The van der Waals surface area contributed by atoms with Crippen molar-refractivity contribution in [1.29, 1.82) is 0 Å². The van der Waals surface area contributed by atoms with Crippen LogP contribution in [0.4, 0.5) is 0 Å². The second-order valence-corrected chi connectivity index (χ2v) is 5.68. The molecule has 0 radical (unpaired) electrons. The highest BCUT2D eigenvalue weighted by Crippen LogP contribution is 2.24. The predicted octanol–water partition coefficient (Wildman–Crippen LogP) is 3.44. The molecule has 5 heteroatoms. The normalized spacial score (nSPS) is 10.9. The molecule has 23 heavy (non-hydrogen) atoms. The third-order valence-corrected chi connectivity index (χ3v) is 3.53. The van der Waals surface area contributed by atoms with E-state index >= 15 is 0 Å². The van der Waals surface area contributed by atoms with Crippen molar-refractivity contribution in [3.63, 3.8) is 0 Å². The first-order chi connectivity index (χ1) is 11.0. The van der Waals surface area contributed by atoms with Crippen LogP contribution in [0.3, 0.4) is 0 Å². The summed E-state index contributed by atoms with van der Waals surface area (Å²) in [5.74, 6) is 0.673. The lowest BCUT2D eigenvalue weighted by molar-refractivity contribution is 0.0942. The molecule has 0 spiro atoms. The molecule has 0 atom stereocenters. The topological polar surface area (TPSA) is 60.1 Å². The van der Waals surface area contributed by atoms with Crippen LogP contribution in [0.15, 0.2) is 53.1 Å². The van der Waals surface area contributed by atoms with E-state index in [-0.39, 0.29) is 5.91 Å². The van der Waals surface area contributed by atoms with Gasteiger partial charge < -0.3 is 14.3 Å². The molecule has 0 unspecified atom stereocenters. The Balaban J connectivity index is 1.87. The van der Waals surface area contributed by atoms with Crippen molar-refractivity contribution in [2.75, 3.05) is 0 Å². The van der Waals surface area contributed by atoms with E-state index in [1.54, 1.807) is 12.3 Å². The van der Waals surface area contributed by atoms with Gasteiger partial charge in [0.2, 0.25) is 0 Å². The Morgan fingerprint density at radius 3 is 2.91 bits per heavy atom. The smallest absolute Gasteiger partial charge is 0.268 e. The molecular weight excluding hydrogens is 290 g/mol. The average molecular weight is 309 g/mol. The summed E-state index contributed by atoms with van der Waals surface area (Å²) in [5.41, 5.74) is 3.98. The molecule has 1 amide bonds. The molecule has 0 aliphatic rings. The van der Waals surface area contributed by atoms with Crippen molar-refractivity contribution < 1.29 is 9.21 Å². The highest BCUT2D eigenvalue weighted by atomic mass is 16.3. The summed E-state index contributed by atoms with van der Waals surface area (Å²) >= 11 is 0. The number of rotatable bonds is 5. The second-order valence-electron chi connectivity index (χ2n) is 5.68. The lowest BCUT2D eigenvalue weighted by Gasteiger charge is -2.10. The summed E-state index contributed by atoms with van der Waals surface area (Å²) in [6.07, 6.45) is 1.71. The summed E-state index contributed by atoms with van der Waals surface area (Å²) in [5, 5.41) is 2.90. The number of amides is 1. The van der Waals surface area contributed by atoms with Gasteiger partial charge in [-0.1, -0.05) is 18.2 Å². The van der Waals surface area contributed by atoms with Crippen LogP contribution in [-0.4, -0.2) is 15.5 Å². The van der Waals surface area contributed by atoms with Crippen LogP contribution in [0.1, 0.15) is 28.9 Å². The van der Waals surface area contributed by atoms with E-state index in [2.05, 4.69) is 16.9 Å². The van der Waals surface area contributed by atoms with E-state index in [0.717, 1.165) is 22.5 Å². The van der Waals surface area contributed by atoms with Crippen LogP contribution < -0.4 is 5.32 Å². The Hall–Kier alpha value is -2.82. The number of carbonyl (C=O) groups excluding carboxylic acids is 1. The van der Waals surface area contributed by atoms with Crippen molar-refractivity contribution >= 4 is 17.0 Å². The van der Waals surface area contributed by atoms with Crippen molar-refractivity contribution in [1.82, 2.24) is 14.9 Å². The Bertz CT molecular complexity index is 859. The van der Waals surface area contributed by atoms with Gasteiger partial charge in [0.25, 0.3) is 5.91 Å². The summed E-state index contributed by atoms with van der Waals surface area (Å²) in [7, 11) is 0. The SMILES string of the molecule is C=C(C)Cn1c(C(=O)NCc2ccccn2)cc2oc(C)cc21. The Kier molecular flexibility index (Phi) is 4.02. The maximum absolute atomic E-state index is 12.5. The van der Waals surface area contributed by atoms with E-state index in [1.165, 1.54) is 0 Å². The fourth-order valence-electron chi connectivity index (χ4n) is 2.56. The molecule has 118 valence electrons. The van der Waals surface area contributed by atoms with Crippen LogP contribution in [0, 0.1) is 6.92 Å². The molecule has 1 N–H and O–H groups in total. The first-order valence-corrected chi connectivity index (χ1v) is 7.47. The number of nitrogens with zero attached hydrogens (tertiary/aromatic N) is 2. The first kappa shape index (κ1) is 15.1. The minimum atomic E-state index is -0.152. The maximum atomic E-state index is 12.5. The average Bonchev–Trinajstić information content (AvgIpc) is 3.03. The minimum Gasteiger partial charge on any atom is -0.460 e. The zero-order chi connectivity index (χ0) is 16.4. The number of carbonyl (C=O) groups is 1. The van der Waals surface area contributed by atoms with Crippen LogP contribution in [-0.2, 0) is 13.1 Å². The van der Waals surface area contributed by atoms with Gasteiger partial charge in [-0.25, -0.2) is 0 Å². The molecule has 0 bridgehead atoms. The number of furan rings is 1. The monoisotopic (exact) mass is 309 g/mol. The number of aromatic nitrogens is 2. The van der Waals surface area contributed by atoms with Crippen LogP contribution in [0.5, 0.6) is 0 Å². The van der Waals surface area contributed by atoms with Gasteiger partial charge >= 0.3 is 0 Å². The van der Waals surface area contributed by atoms with E-state index in [4.69, 9.17) is 4.42 Å². The number of pyridine rings is 1. The largest absolute Gasteiger partial charge is 0.460 e. The number of hydrogen-bond acceptors (Lipinski definition) is 3. The quantitative estimate of drug-likeness (QED) is 0.734. The number of hydrogen-bond donors (Lipinski definition) is 1. The molecule has 3 aromatic heterocycles. The molecular formula is C18H19N3O2. The molecule has 3 rings (SSSR count). The number of aryl methyl sites for hydroxylation is 1. The van der Waals surface area contributed by atoms with E-state index < -0.39 is 0 Å². The third kappa shape index (κ3) is 3.18. The van der Waals surface area contributed by atoms with Gasteiger partial charge in [-0.15, -0.1) is 0 Å². The fraction of sp³-hybridized carbons (Fsp3) is 0.222. The van der Waals surface area contributed by atoms with Crippen molar-refractivity contribution in [3.8, 4) is 0 Å². The van der Waals surface area contributed by atoms with Gasteiger partial charge in [-0.2, -0.15) is 0 Å². The Morgan fingerprint density at radius 2 is 2.22 bits per heavy atom. The van der Waals surface area contributed by atoms with Crippen molar-refractivity contribution in [3.05, 3.63) is 65.8 Å². The van der Waals surface area contributed by atoms with E-state index in [0.29, 0.717) is 24.4 Å². The lowest BCUT2D eigenvalue weighted by Crippen LogP contribution is -2.26. The molecule has 0 fully saturated rings. The standard InChI is InChI=1S/C18H19N3O2/c1-12(2)11-21-15-8-13(3)23-17(15)9-16(21)18(22)20-10-14-6-4-5-7-19-14/h4-9H,1,10-11H2,2-3H3,(H,20,22).